The highest BCUT2D eigenvalue weighted by atomic mass is 31.1. The van der Waals surface area contributed by atoms with E-state index < -0.39 is 26.1 Å². The Balaban J connectivity index is 2.72. The van der Waals surface area contributed by atoms with Crippen molar-refractivity contribution in [3.63, 3.8) is 0 Å². The summed E-state index contributed by atoms with van der Waals surface area (Å²) in [5.74, 6) is -1.91. The number of β-lactam (4-membered cyclic amide) rings is 1. The van der Waals surface area contributed by atoms with Crippen LogP contribution in [0.1, 0.15) is 41.0 Å². The molecule has 2 radical (unpaired) electrons. The predicted octanol–water partition coefficient (Wildman–Crippen LogP) is 1.83. The number of amides is 1. The second kappa shape index (κ2) is 8.95. The normalized spacial score (nSPS) is 23.3. The Bertz CT molecular complexity index is 555. The summed E-state index contributed by atoms with van der Waals surface area (Å²) in [4.78, 5) is 38.2. The zero-order valence-electron chi connectivity index (χ0n) is 16.6. The van der Waals surface area contributed by atoms with E-state index in [-0.39, 0.29) is 44.3 Å². The summed E-state index contributed by atoms with van der Waals surface area (Å²) in [5.41, 5.74) is 0. The van der Waals surface area contributed by atoms with Crippen LogP contribution in [0, 0.1) is 11.8 Å². The van der Waals surface area contributed by atoms with Crippen molar-refractivity contribution in [2.24, 2.45) is 11.8 Å². The van der Waals surface area contributed by atoms with Gasteiger partial charge in [-0.15, -0.1) is 0 Å². The van der Waals surface area contributed by atoms with E-state index in [1.54, 1.807) is 6.92 Å². The molecule has 146 valence electrons. The van der Waals surface area contributed by atoms with Gasteiger partial charge in [-0.05, 0) is 25.1 Å². The van der Waals surface area contributed by atoms with Gasteiger partial charge in [-0.3, -0.25) is 14.4 Å². The molecular formula is C16H30BN2O5PSi. The average Bonchev–Trinajstić information content (AvgIpc) is 2.47. The van der Waals surface area contributed by atoms with Gasteiger partial charge in [0.1, 0.15) is 21.2 Å². The summed E-state index contributed by atoms with van der Waals surface area (Å²) in [6.07, 6.45) is -0.633. The lowest BCUT2D eigenvalue weighted by molar-refractivity contribution is -0.145. The Morgan fingerprint density at radius 3 is 2.38 bits per heavy atom. The summed E-state index contributed by atoms with van der Waals surface area (Å²) >= 11 is 0. The second-order valence-electron chi connectivity index (χ2n) is 8.30. The molecule has 1 aliphatic rings. The summed E-state index contributed by atoms with van der Waals surface area (Å²) in [7, 11) is 2.62. The van der Waals surface area contributed by atoms with E-state index in [1.807, 2.05) is 6.92 Å². The first-order valence-electron chi connectivity index (χ1n) is 8.73. The summed E-state index contributed by atoms with van der Waals surface area (Å²) in [6, 6.07) is -0.336. The molecule has 0 aromatic heterocycles. The molecule has 0 saturated carbocycles. The number of nitrogens with one attached hydrogen (secondary N) is 2. The van der Waals surface area contributed by atoms with Crippen molar-refractivity contribution in [3.05, 3.63) is 0 Å². The predicted molar refractivity (Wildman–Crippen MR) is 105 cm³/mol. The maximum atomic E-state index is 12.3. The van der Waals surface area contributed by atoms with Gasteiger partial charge in [-0.2, -0.15) is 0 Å². The molecule has 5 unspecified atom stereocenters. The quantitative estimate of drug-likeness (QED) is 0.266. The van der Waals surface area contributed by atoms with E-state index in [0.717, 1.165) is 0 Å². The van der Waals surface area contributed by atoms with Crippen LogP contribution in [0.2, 0.25) is 18.1 Å². The van der Waals surface area contributed by atoms with E-state index in [1.165, 1.54) is 0 Å². The fourth-order valence-electron chi connectivity index (χ4n) is 2.70. The first kappa shape index (κ1) is 23.3. The van der Waals surface area contributed by atoms with Crippen LogP contribution >= 0.6 is 8.96 Å². The fraction of sp³-hybridized carbons (Fsp3) is 0.812. The van der Waals surface area contributed by atoms with Gasteiger partial charge in [0.05, 0.1) is 18.1 Å². The lowest BCUT2D eigenvalue weighted by Crippen LogP contribution is -2.66. The average molecular weight is 400 g/mol. The Morgan fingerprint density at radius 2 is 1.92 bits per heavy atom. The highest BCUT2D eigenvalue weighted by molar-refractivity contribution is 7.32. The largest absolute Gasteiger partial charge is 0.432 e. The molecule has 0 spiro atoms. The van der Waals surface area contributed by atoms with Crippen molar-refractivity contribution in [1.82, 2.24) is 10.3 Å². The van der Waals surface area contributed by atoms with Gasteiger partial charge in [0.25, 0.3) is 0 Å². The van der Waals surface area contributed by atoms with Crippen LogP contribution in [-0.2, 0) is 23.3 Å². The second-order valence-corrected chi connectivity index (χ2v) is 13.7. The van der Waals surface area contributed by atoms with Crippen molar-refractivity contribution >= 4 is 42.9 Å². The van der Waals surface area contributed by atoms with Crippen LogP contribution in [0.4, 0.5) is 0 Å². The molecule has 0 aromatic carbocycles. The molecule has 1 fully saturated rings. The third kappa shape index (κ3) is 5.62. The number of hydrogen-bond acceptors (Lipinski definition) is 6. The van der Waals surface area contributed by atoms with Crippen LogP contribution in [-0.4, -0.2) is 46.1 Å². The van der Waals surface area contributed by atoms with Crippen molar-refractivity contribution < 1.29 is 23.3 Å². The molecule has 2 N–H and O–H groups in total. The molecule has 0 aromatic rings. The highest BCUT2D eigenvalue weighted by Gasteiger charge is 2.50. The lowest BCUT2D eigenvalue weighted by atomic mass is 9.77. The van der Waals surface area contributed by atoms with Crippen LogP contribution in [0.5, 0.6) is 0 Å². The molecule has 5 atom stereocenters. The van der Waals surface area contributed by atoms with Crippen molar-refractivity contribution in [2.75, 3.05) is 0 Å². The molecule has 1 saturated heterocycles. The van der Waals surface area contributed by atoms with Crippen LogP contribution in [0.25, 0.3) is 0 Å². The number of Topliss-reactive ketones (excluding diaryl/α,β-unsaturated/α-hetero) is 1. The van der Waals surface area contributed by atoms with Crippen molar-refractivity contribution in [1.29, 1.82) is 0 Å². The number of carbonyl (C=O) groups excluding carboxylic acids is 3. The molecule has 1 amide bonds. The third-order valence-electron chi connectivity index (χ3n) is 5.38. The van der Waals surface area contributed by atoms with Gasteiger partial charge in [0.2, 0.25) is 5.91 Å². The van der Waals surface area contributed by atoms with Crippen molar-refractivity contribution in [3.8, 4) is 0 Å². The van der Waals surface area contributed by atoms with Gasteiger partial charge in [0.15, 0.2) is 16.3 Å². The van der Waals surface area contributed by atoms with Gasteiger partial charge in [0, 0.05) is 5.92 Å². The molecule has 0 bridgehead atoms. The van der Waals surface area contributed by atoms with Crippen molar-refractivity contribution in [2.45, 2.75) is 71.3 Å². The monoisotopic (exact) mass is 400 g/mol. The summed E-state index contributed by atoms with van der Waals surface area (Å²) in [5, 5.41) is 2.82. The molecule has 26 heavy (non-hydrogen) atoms. The molecule has 1 aliphatic heterocycles. The van der Waals surface area contributed by atoms with Crippen LogP contribution in [0.15, 0.2) is 0 Å². The topological polar surface area (TPSA) is 93.7 Å². The van der Waals surface area contributed by atoms with E-state index >= 15 is 0 Å². The number of ketones is 1. The molecule has 7 nitrogen and oxygen atoms in total. The standard InChI is InChI=1S/C16H30BN2O5PSi/c1-9(11(20)8-12(21)23-25-19-17)14-13(15(22)18-14)10(2)24-26(6,7)16(3,4)5/h9-10,13-14,19,25H,8H2,1-7H3,(H,18,22). The minimum absolute atomic E-state index is 0.0278. The highest BCUT2D eigenvalue weighted by Crippen LogP contribution is 2.39. The molecule has 1 heterocycles. The summed E-state index contributed by atoms with van der Waals surface area (Å²) in [6.45, 7) is 14.3. The van der Waals surface area contributed by atoms with E-state index in [0.29, 0.717) is 0 Å². The maximum Gasteiger partial charge on any atom is 0.316 e. The van der Waals surface area contributed by atoms with Crippen LogP contribution < -0.4 is 10.3 Å². The Labute approximate surface area is 160 Å². The molecular weight excluding hydrogens is 370 g/mol. The zero-order valence-corrected chi connectivity index (χ0v) is 18.6. The minimum Gasteiger partial charge on any atom is -0.432 e. The maximum absolute atomic E-state index is 12.3. The Kier molecular flexibility index (Phi) is 8.02. The van der Waals surface area contributed by atoms with Gasteiger partial charge in [-0.1, -0.05) is 27.7 Å². The molecule has 0 aliphatic carbocycles. The Morgan fingerprint density at radius 1 is 1.35 bits per heavy atom. The smallest absolute Gasteiger partial charge is 0.316 e. The minimum atomic E-state index is -2.03. The van der Waals surface area contributed by atoms with Gasteiger partial charge < -0.3 is 19.3 Å². The summed E-state index contributed by atoms with van der Waals surface area (Å²) < 4.78 is 11.1. The van der Waals surface area contributed by atoms with E-state index in [2.05, 4.69) is 44.2 Å². The van der Waals surface area contributed by atoms with E-state index in [9.17, 15) is 14.4 Å². The van der Waals surface area contributed by atoms with E-state index in [4.69, 9.17) is 16.9 Å². The fourth-order valence-corrected chi connectivity index (χ4v) is 4.37. The first-order chi connectivity index (χ1) is 11.8. The zero-order chi connectivity index (χ0) is 20.3. The molecule has 1 rings (SSSR count). The SMILES string of the molecule is [B]NPOC(=O)CC(=O)C(C)C1NC(=O)C1C(C)O[Si](C)(C)C(C)(C)C. The van der Waals surface area contributed by atoms with Gasteiger partial charge in [-0.25, -0.2) is 0 Å². The number of hydrogen-bond donors (Lipinski definition) is 2. The third-order valence-corrected chi connectivity index (χ3v) is 10.4. The van der Waals surface area contributed by atoms with Gasteiger partial charge >= 0.3 is 5.97 Å². The molecule has 10 heteroatoms. The number of carbonyl (C=O) groups is 3. The first-order valence-corrected chi connectivity index (χ1v) is 12.5. The van der Waals surface area contributed by atoms with Crippen LogP contribution in [0.3, 0.4) is 0 Å². The number of rotatable bonds is 9. The lowest BCUT2D eigenvalue weighted by Gasteiger charge is -2.46. The Hall–Kier alpha value is -0.758.